The molecule has 2 aromatic rings. The number of nitrogens with one attached hydrogen (secondary N) is 1. The maximum Gasteiger partial charge on any atom is 0.271 e. The molecule has 0 spiro atoms. The molecule has 0 unspecified atom stereocenters. The minimum Gasteiger partial charge on any atom is -0.495 e. The Morgan fingerprint density at radius 2 is 1.76 bits per heavy atom. The van der Waals surface area contributed by atoms with E-state index in [0.29, 0.717) is 0 Å². The van der Waals surface area contributed by atoms with Gasteiger partial charge in [0.15, 0.2) is 0 Å². The van der Waals surface area contributed by atoms with Crippen molar-refractivity contribution in [1.82, 2.24) is 4.90 Å². The summed E-state index contributed by atoms with van der Waals surface area (Å²) >= 11 is 0. The molecule has 1 aliphatic heterocycles. The number of carbonyl (C=O) groups is 3. The number of carbonyl (C=O) groups excluding carboxylic acids is 3. The summed E-state index contributed by atoms with van der Waals surface area (Å²) in [5.41, 5.74) is 0.661. The van der Waals surface area contributed by atoms with Crippen LogP contribution in [0.3, 0.4) is 0 Å². The van der Waals surface area contributed by atoms with Gasteiger partial charge in [0.2, 0.25) is 17.7 Å². The fourth-order valence-corrected chi connectivity index (χ4v) is 5.49. The average molecular weight is 461 g/mol. The Balaban J connectivity index is 1.48. The number of rotatable bonds is 7. The van der Waals surface area contributed by atoms with Crippen molar-refractivity contribution in [3.05, 3.63) is 76.4 Å². The van der Waals surface area contributed by atoms with Crippen molar-refractivity contribution in [3.63, 3.8) is 0 Å². The van der Waals surface area contributed by atoms with Gasteiger partial charge in [-0.15, -0.1) is 0 Å². The van der Waals surface area contributed by atoms with E-state index >= 15 is 0 Å². The Morgan fingerprint density at radius 1 is 1.12 bits per heavy atom. The number of amides is 3. The summed E-state index contributed by atoms with van der Waals surface area (Å²) in [6.45, 7) is 0. The molecule has 2 aliphatic carbocycles. The predicted molar refractivity (Wildman–Crippen MR) is 122 cm³/mol. The van der Waals surface area contributed by atoms with Crippen molar-refractivity contribution in [2.75, 3.05) is 12.4 Å². The molecular weight excluding hydrogens is 438 g/mol. The number of benzene rings is 2. The first-order valence-corrected chi connectivity index (χ1v) is 11.1. The first-order valence-electron chi connectivity index (χ1n) is 11.1. The topological polar surface area (TPSA) is 119 Å². The standard InChI is InChI=1S/C25H23N3O6/c1-34-20-10-9-17(28(32)33)13-18(20)26-23(29)19(11-14-5-3-2-4-6-14)27-24(30)21-15-7-8-16(12-15)22(21)25(27)31/h2-10,13,15-16,19,21-22H,11-12H2,1H3,(H,26,29)/t15-,16-,19+,21-,22+/m0/s1. The SMILES string of the molecule is COc1ccc([N+](=O)[O-])cc1NC(=O)[C@@H](Cc1ccccc1)N1C(=O)[C@@H]2[C@H](C1=O)[C@H]1C=C[C@H]2C1. The minimum atomic E-state index is -1.10. The predicted octanol–water partition coefficient (Wildman–Crippen LogP) is 2.96. The first-order chi connectivity index (χ1) is 16.4. The Hall–Kier alpha value is -4.01. The van der Waals surface area contributed by atoms with Gasteiger partial charge in [-0.1, -0.05) is 42.5 Å². The van der Waals surface area contributed by atoms with E-state index in [2.05, 4.69) is 5.32 Å². The molecule has 174 valence electrons. The average Bonchev–Trinajstić information content (AvgIpc) is 3.52. The summed E-state index contributed by atoms with van der Waals surface area (Å²) in [7, 11) is 1.38. The summed E-state index contributed by atoms with van der Waals surface area (Å²) in [5.74, 6) is -1.84. The van der Waals surface area contributed by atoms with Crippen LogP contribution in [0.4, 0.5) is 11.4 Å². The summed E-state index contributed by atoms with van der Waals surface area (Å²) in [6.07, 6.45) is 4.92. The van der Waals surface area contributed by atoms with E-state index < -0.39 is 28.7 Å². The molecule has 5 rings (SSSR count). The number of fused-ring (bicyclic) bond motifs is 5. The fraction of sp³-hybridized carbons (Fsp3) is 0.320. The second kappa shape index (κ2) is 8.40. The molecular formula is C25H23N3O6. The van der Waals surface area contributed by atoms with E-state index in [1.165, 1.54) is 25.3 Å². The fourth-order valence-electron chi connectivity index (χ4n) is 5.49. The summed E-state index contributed by atoms with van der Waals surface area (Å²) in [4.78, 5) is 52.2. The maximum atomic E-state index is 13.5. The van der Waals surface area contributed by atoms with Gasteiger partial charge >= 0.3 is 0 Å². The molecule has 2 bridgehead atoms. The van der Waals surface area contributed by atoms with Crippen LogP contribution in [-0.2, 0) is 20.8 Å². The number of nitro groups is 1. The van der Waals surface area contributed by atoms with Crippen LogP contribution in [0.5, 0.6) is 5.75 Å². The van der Waals surface area contributed by atoms with E-state index in [1.54, 1.807) is 0 Å². The second-order valence-corrected chi connectivity index (χ2v) is 8.88. The zero-order valence-electron chi connectivity index (χ0n) is 18.4. The lowest BCUT2D eigenvalue weighted by molar-refractivity contribution is -0.384. The van der Waals surface area contributed by atoms with Gasteiger partial charge in [0, 0.05) is 18.6 Å². The van der Waals surface area contributed by atoms with Crippen LogP contribution in [-0.4, -0.2) is 40.7 Å². The van der Waals surface area contributed by atoms with Crippen molar-refractivity contribution < 1.29 is 24.0 Å². The molecule has 0 radical (unpaired) electrons. The lowest BCUT2D eigenvalue weighted by Gasteiger charge is -2.27. The second-order valence-electron chi connectivity index (χ2n) is 8.88. The van der Waals surface area contributed by atoms with Crippen LogP contribution in [0.2, 0.25) is 0 Å². The molecule has 9 heteroatoms. The highest BCUT2D eigenvalue weighted by atomic mass is 16.6. The number of imide groups is 1. The van der Waals surface area contributed by atoms with Gasteiger partial charge in [0.1, 0.15) is 11.8 Å². The normalized spacial score (nSPS) is 25.4. The first kappa shape index (κ1) is 21.8. The molecule has 5 atom stereocenters. The Labute approximate surface area is 195 Å². The number of nitro benzene ring substituents is 1. The summed E-state index contributed by atoms with van der Waals surface area (Å²) in [6, 6.07) is 11.9. The van der Waals surface area contributed by atoms with Crippen molar-refractivity contribution in [1.29, 1.82) is 0 Å². The monoisotopic (exact) mass is 461 g/mol. The van der Waals surface area contributed by atoms with Gasteiger partial charge in [0.05, 0.1) is 29.6 Å². The highest BCUT2D eigenvalue weighted by Crippen LogP contribution is 2.53. The number of allylic oxidation sites excluding steroid dienone is 2. The molecule has 9 nitrogen and oxygen atoms in total. The Bertz CT molecular complexity index is 1180. The number of anilines is 1. The Morgan fingerprint density at radius 3 is 2.35 bits per heavy atom. The maximum absolute atomic E-state index is 13.5. The summed E-state index contributed by atoms with van der Waals surface area (Å²) in [5, 5.41) is 13.9. The Kier molecular flexibility index (Phi) is 5.39. The molecule has 2 aromatic carbocycles. The van der Waals surface area contributed by atoms with Crippen molar-refractivity contribution in [2.45, 2.75) is 18.9 Å². The number of ether oxygens (including phenoxy) is 1. The third-order valence-electron chi connectivity index (χ3n) is 7.04. The number of hydrogen-bond acceptors (Lipinski definition) is 6. The molecule has 1 saturated heterocycles. The highest BCUT2D eigenvalue weighted by molar-refractivity contribution is 6.11. The lowest BCUT2D eigenvalue weighted by atomic mass is 9.85. The van der Waals surface area contributed by atoms with Crippen LogP contribution >= 0.6 is 0 Å². The van der Waals surface area contributed by atoms with Crippen LogP contribution in [0, 0.1) is 33.8 Å². The van der Waals surface area contributed by atoms with E-state index in [0.717, 1.165) is 16.9 Å². The van der Waals surface area contributed by atoms with Crippen LogP contribution in [0.1, 0.15) is 12.0 Å². The van der Waals surface area contributed by atoms with Gasteiger partial charge in [-0.2, -0.15) is 0 Å². The number of likely N-dealkylation sites (tertiary alicyclic amines) is 1. The number of nitrogens with zero attached hydrogens (tertiary/aromatic N) is 2. The van der Waals surface area contributed by atoms with Gasteiger partial charge in [-0.25, -0.2) is 0 Å². The van der Waals surface area contributed by atoms with Gasteiger partial charge in [-0.3, -0.25) is 29.4 Å². The molecule has 2 fully saturated rings. The van der Waals surface area contributed by atoms with Crippen LogP contribution in [0.25, 0.3) is 0 Å². The quantitative estimate of drug-likeness (QED) is 0.293. The molecule has 3 aliphatic rings. The van der Waals surface area contributed by atoms with E-state index in [-0.39, 0.29) is 47.2 Å². The number of methoxy groups -OCH3 is 1. The highest BCUT2D eigenvalue weighted by Gasteiger charge is 2.61. The smallest absolute Gasteiger partial charge is 0.271 e. The van der Waals surface area contributed by atoms with E-state index in [1.807, 2.05) is 42.5 Å². The van der Waals surface area contributed by atoms with Gasteiger partial charge in [-0.05, 0) is 29.9 Å². The molecule has 34 heavy (non-hydrogen) atoms. The summed E-state index contributed by atoms with van der Waals surface area (Å²) < 4.78 is 5.25. The van der Waals surface area contributed by atoms with Crippen LogP contribution in [0.15, 0.2) is 60.7 Å². The van der Waals surface area contributed by atoms with E-state index in [4.69, 9.17) is 4.74 Å². The molecule has 1 heterocycles. The minimum absolute atomic E-state index is 0.0220. The van der Waals surface area contributed by atoms with E-state index in [9.17, 15) is 24.5 Å². The third kappa shape index (κ3) is 3.53. The molecule has 1 saturated carbocycles. The van der Waals surface area contributed by atoms with Gasteiger partial charge in [0.25, 0.3) is 5.69 Å². The van der Waals surface area contributed by atoms with Crippen molar-refractivity contribution in [2.24, 2.45) is 23.7 Å². The zero-order valence-corrected chi connectivity index (χ0v) is 18.4. The zero-order chi connectivity index (χ0) is 24.0. The van der Waals surface area contributed by atoms with Crippen molar-refractivity contribution in [3.8, 4) is 5.75 Å². The lowest BCUT2D eigenvalue weighted by Crippen LogP contribution is -2.49. The molecule has 1 N–H and O–H groups in total. The number of hydrogen-bond donors (Lipinski definition) is 1. The number of non-ortho nitro benzene ring substituents is 1. The van der Waals surface area contributed by atoms with Crippen molar-refractivity contribution >= 4 is 29.1 Å². The largest absolute Gasteiger partial charge is 0.495 e. The molecule has 3 amide bonds. The van der Waals surface area contributed by atoms with Crippen LogP contribution < -0.4 is 10.1 Å². The third-order valence-corrected chi connectivity index (χ3v) is 7.04. The van der Waals surface area contributed by atoms with Gasteiger partial charge < -0.3 is 10.1 Å². The molecule has 0 aromatic heterocycles.